The number of carbonyl (C=O) groups is 1. The summed E-state index contributed by atoms with van der Waals surface area (Å²) in [6.45, 7) is 7.60. The van der Waals surface area contributed by atoms with Crippen molar-refractivity contribution in [2.75, 3.05) is 39.3 Å². The van der Waals surface area contributed by atoms with Crippen molar-refractivity contribution in [3.05, 3.63) is 66.2 Å². The molecular formula is C28H30N6O2. The number of aryl methyl sites for hydroxylation is 1. The average Bonchev–Trinajstić information content (AvgIpc) is 3.57. The minimum atomic E-state index is -0.335. The second kappa shape index (κ2) is 9.79. The molecule has 0 saturated carbocycles. The fourth-order valence-corrected chi connectivity index (χ4v) is 5.39. The summed E-state index contributed by atoms with van der Waals surface area (Å²) in [5, 5.41) is 0.866. The van der Waals surface area contributed by atoms with E-state index in [2.05, 4.69) is 29.7 Å². The lowest BCUT2D eigenvalue weighted by atomic mass is 10.0. The van der Waals surface area contributed by atoms with Gasteiger partial charge in [-0.3, -0.25) is 19.8 Å². The number of nitrogens with zero attached hydrogens (tertiary/aromatic N) is 5. The molecule has 36 heavy (non-hydrogen) atoms. The Morgan fingerprint density at radius 2 is 2.08 bits per heavy atom. The summed E-state index contributed by atoms with van der Waals surface area (Å²) in [7, 11) is 0. The average molecular weight is 483 g/mol. The molecule has 2 saturated heterocycles. The molecule has 2 fully saturated rings. The Morgan fingerprint density at radius 3 is 3.00 bits per heavy atom. The Balaban J connectivity index is 1.16. The molecular weight excluding hydrogens is 452 g/mol. The molecule has 1 N–H and O–H groups in total. The normalized spacial score (nSPS) is 18.4. The molecule has 5 heterocycles. The van der Waals surface area contributed by atoms with Crippen molar-refractivity contribution in [1.29, 1.82) is 0 Å². The molecule has 1 aromatic carbocycles. The maximum Gasteiger partial charge on any atom is 0.339 e. The van der Waals surface area contributed by atoms with Gasteiger partial charge in [0, 0.05) is 55.1 Å². The van der Waals surface area contributed by atoms with Crippen molar-refractivity contribution in [1.82, 2.24) is 29.7 Å². The number of fused-ring (bicyclic) bond motifs is 2. The lowest BCUT2D eigenvalue weighted by Crippen LogP contribution is -2.50. The number of hydrogen-bond donors (Lipinski definition) is 1. The first kappa shape index (κ1) is 22.8. The number of H-pyrrole nitrogens is 1. The fourth-order valence-electron chi connectivity index (χ4n) is 5.39. The monoisotopic (exact) mass is 482 g/mol. The Labute approximate surface area is 210 Å². The van der Waals surface area contributed by atoms with Gasteiger partial charge in [0.25, 0.3) is 0 Å². The van der Waals surface area contributed by atoms with Crippen molar-refractivity contribution in [3.8, 4) is 22.6 Å². The van der Waals surface area contributed by atoms with Crippen LogP contribution >= 0.6 is 0 Å². The SMILES string of the molecule is Cc1cccc(-c2[nH]cnc2-c2ccc3ncc(C(=O)OCCN4CCN5CCCC5C4)cc3c2)n1. The van der Waals surface area contributed by atoms with E-state index in [1.54, 1.807) is 12.5 Å². The molecule has 184 valence electrons. The smallest absolute Gasteiger partial charge is 0.339 e. The molecule has 0 bridgehead atoms. The summed E-state index contributed by atoms with van der Waals surface area (Å²) in [5.74, 6) is -0.335. The van der Waals surface area contributed by atoms with E-state index >= 15 is 0 Å². The zero-order chi connectivity index (χ0) is 24.5. The zero-order valence-electron chi connectivity index (χ0n) is 20.5. The third-order valence-corrected chi connectivity index (χ3v) is 7.29. The molecule has 0 aliphatic carbocycles. The van der Waals surface area contributed by atoms with Gasteiger partial charge >= 0.3 is 5.97 Å². The molecule has 3 aromatic heterocycles. The van der Waals surface area contributed by atoms with Crippen molar-refractivity contribution >= 4 is 16.9 Å². The number of imidazole rings is 1. The first-order chi connectivity index (χ1) is 17.6. The van der Waals surface area contributed by atoms with Gasteiger partial charge < -0.3 is 9.72 Å². The highest BCUT2D eigenvalue weighted by atomic mass is 16.5. The number of rotatable bonds is 6. The van der Waals surface area contributed by atoms with Crippen LogP contribution in [0.5, 0.6) is 0 Å². The number of esters is 1. The van der Waals surface area contributed by atoms with E-state index in [0.717, 1.165) is 65.4 Å². The second-order valence-electron chi connectivity index (χ2n) is 9.69. The molecule has 2 aliphatic rings. The van der Waals surface area contributed by atoms with E-state index in [1.807, 2.05) is 49.4 Å². The zero-order valence-corrected chi connectivity index (χ0v) is 20.5. The van der Waals surface area contributed by atoms with Crippen LogP contribution in [0.4, 0.5) is 0 Å². The molecule has 0 radical (unpaired) electrons. The predicted molar refractivity (Wildman–Crippen MR) is 139 cm³/mol. The summed E-state index contributed by atoms with van der Waals surface area (Å²) in [5.41, 5.74) is 5.66. The van der Waals surface area contributed by atoms with Crippen LogP contribution in [0.3, 0.4) is 0 Å². The van der Waals surface area contributed by atoms with Gasteiger partial charge in [-0.25, -0.2) is 9.78 Å². The first-order valence-electron chi connectivity index (χ1n) is 12.7. The molecule has 8 heteroatoms. The van der Waals surface area contributed by atoms with Crippen LogP contribution in [0.25, 0.3) is 33.5 Å². The van der Waals surface area contributed by atoms with Crippen molar-refractivity contribution in [3.63, 3.8) is 0 Å². The van der Waals surface area contributed by atoms with Crippen molar-refractivity contribution in [2.24, 2.45) is 0 Å². The van der Waals surface area contributed by atoms with Crippen LogP contribution in [0.2, 0.25) is 0 Å². The highest BCUT2D eigenvalue weighted by Gasteiger charge is 2.30. The van der Waals surface area contributed by atoms with E-state index in [4.69, 9.17) is 4.74 Å². The molecule has 6 rings (SSSR count). The maximum atomic E-state index is 12.8. The molecule has 0 amide bonds. The highest BCUT2D eigenvalue weighted by molar-refractivity contribution is 5.95. The van der Waals surface area contributed by atoms with Gasteiger partial charge in [0.05, 0.1) is 34.5 Å². The quantitative estimate of drug-likeness (QED) is 0.417. The minimum Gasteiger partial charge on any atom is -0.461 e. The van der Waals surface area contributed by atoms with E-state index in [9.17, 15) is 4.79 Å². The van der Waals surface area contributed by atoms with Crippen molar-refractivity contribution < 1.29 is 9.53 Å². The summed E-state index contributed by atoms with van der Waals surface area (Å²) in [6, 6.07) is 14.4. The second-order valence-corrected chi connectivity index (χ2v) is 9.69. The number of aromatic amines is 1. The standard InChI is InChI=1S/C28H30N6O2/c1-19-4-2-6-25(32-19)27-26(30-18-31-27)20-7-8-24-21(14-20)15-22(16-29-24)28(35)36-13-12-33-10-11-34-9-3-5-23(34)17-33/h2,4,6-8,14-16,18,23H,3,5,9-13,17H2,1H3,(H,30,31). The predicted octanol–water partition coefficient (Wildman–Crippen LogP) is 3.93. The lowest BCUT2D eigenvalue weighted by molar-refractivity contribution is 0.0393. The van der Waals surface area contributed by atoms with Gasteiger partial charge in [0.2, 0.25) is 0 Å². The Kier molecular flexibility index (Phi) is 6.21. The van der Waals surface area contributed by atoms with Crippen LogP contribution < -0.4 is 0 Å². The van der Waals surface area contributed by atoms with E-state index in [1.165, 1.54) is 19.4 Å². The fraction of sp³-hybridized carbons (Fsp3) is 0.357. The van der Waals surface area contributed by atoms with Gasteiger partial charge in [-0.05, 0) is 56.6 Å². The van der Waals surface area contributed by atoms with Crippen molar-refractivity contribution in [2.45, 2.75) is 25.8 Å². The van der Waals surface area contributed by atoms with Gasteiger partial charge in [-0.1, -0.05) is 12.1 Å². The molecule has 1 unspecified atom stereocenters. The number of ether oxygens (including phenoxy) is 1. The summed E-state index contributed by atoms with van der Waals surface area (Å²) < 4.78 is 5.62. The summed E-state index contributed by atoms with van der Waals surface area (Å²) >= 11 is 0. The number of carbonyl (C=O) groups excluding carboxylic acids is 1. The maximum absolute atomic E-state index is 12.8. The number of hydrogen-bond acceptors (Lipinski definition) is 7. The van der Waals surface area contributed by atoms with E-state index < -0.39 is 0 Å². The van der Waals surface area contributed by atoms with Crippen LogP contribution in [0.15, 0.2) is 55.0 Å². The third kappa shape index (κ3) is 4.62. The van der Waals surface area contributed by atoms with Gasteiger partial charge in [-0.2, -0.15) is 0 Å². The van der Waals surface area contributed by atoms with Crippen LogP contribution in [0.1, 0.15) is 28.9 Å². The largest absolute Gasteiger partial charge is 0.461 e. The Bertz CT molecular complexity index is 1400. The Hall–Kier alpha value is -3.62. The number of aromatic nitrogens is 4. The van der Waals surface area contributed by atoms with Gasteiger partial charge in [0.15, 0.2) is 0 Å². The topological polar surface area (TPSA) is 87.2 Å². The Morgan fingerprint density at radius 1 is 1.14 bits per heavy atom. The van der Waals surface area contributed by atoms with Gasteiger partial charge in [0.1, 0.15) is 6.61 Å². The van der Waals surface area contributed by atoms with E-state index in [-0.39, 0.29) is 5.97 Å². The minimum absolute atomic E-state index is 0.335. The highest BCUT2D eigenvalue weighted by Crippen LogP contribution is 2.30. The lowest BCUT2D eigenvalue weighted by Gasteiger charge is -2.37. The molecule has 8 nitrogen and oxygen atoms in total. The number of pyridine rings is 2. The molecule has 4 aromatic rings. The third-order valence-electron chi connectivity index (χ3n) is 7.29. The van der Waals surface area contributed by atoms with Crippen LogP contribution in [-0.2, 0) is 4.74 Å². The molecule has 1 atom stereocenters. The summed E-state index contributed by atoms with van der Waals surface area (Å²) in [4.78, 5) is 34.7. The van der Waals surface area contributed by atoms with Gasteiger partial charge in [-0.15, -0.1) is 0 Å². The number of nitrogens with one attached hydrogen (secondary N) is 1. The van der Waals surface area contributed by atoms with Crippen LogP contribution in [-0.4, -0.2) is 81.1 Å². The number of benzene rings is 1. The summed E-state index contributed by atoms with van der Waals surface area (Å²) in [6.07, 6.45) is 5.85. The number of piperazine rings is 1. The molecule has 0 spiro atoms. The van der Waals surface area contributed by atoms with E-state index in [0.29, 0.717) is 18.2 Å². The first-order valence-corrected chi connectivity index (χ1v) is 12.7. The van der Waals surface area contributed by atoms with Crippen LogP contribution in [0, 0.1) is 6.92 Å². The molecule has 2 aliphatic heterocycles.